The van der Waals surface area contributed by atoms with Gasteiger partial charge in [0.25, 0.3) is 10.0 Å². The van der Waals surface area contributed by atoms with E-state index in [1.165, 1.54) is 10.9 Å². The minimum absolute atomic E-state index is 0.141. The number of guanidine groups is 1. The van der Waals surface area contributed by atoms with Crippen LogP contribution in [0.4, 0.5) is 5.69 Å². The summed E-state index contributed by atoms with van der Waals surface area (Å²) in [6.07, 6.45) is 3.52. The number of aromatic nitrogens is 2. The molecule has 1 fully saturated rings. The molecule has 1 aliphatic heterocycles. The van der Waals surface area contributed by atoms with Gasteiger partial charge in [-0.15, -0.1) is 0 Å². The maximum absolute atomic E-state index is 11.9. The lowest BCUT2D eigenvalue weighted by molar-refractivity contribution is 0.572. The third-order valence-corrected chi connectivity index (χ3v) is 3.94. The molecule has 2 heterocycles. The first-order chi connectivity index (χ1) is 7.56. The van der Waals surface area contributed by atoms with Crippen LogP contribution in [0.3, 0.4) is 0 Å². The van der Waals surface area contributed by atoms with Crippen LogP contribution in [-0.4, -0.2) is 30.2 Å². The first-order valence-corrected chi connectivity index (χ1v) is 6.44. The van der Waals surface area contributed by atoms with Crippen molar-refractivity contribution >= 4 is 21.7 Å². The van der Waals surface area contributed by atoms with Gasteiger partial charge in [0.2, 0.25) is 5.96 Å². The molecule has 86 valence electrons. The first kappa shape index (κ1) is 9.64. The lowest BCUT2D eigenvalue weighted by Crippen LogP contribution is -2.41. The zero-order valence-corrected chi connectivity index (χ0v) is 9.45. The standard InChI is InChI=1S/C8H11N5O2S/c1-13-7-6(4-9-13)11-8(10-5-2-3-5)12-16(7,14)15/h4-5H,2-3H2,1H3,(H2,10,11,12). The summed E-state index contributed by atoms with van der Waals surface area (Å²) < 4.78 is 27.5. The van der Waals surface area contributed by atoms with Crippen molar-refractivity contribution in [3.8, 4) is 0 Å². The fourth-order valence-electron chi connectivity index (χ4n) is 1.60. The highest BCUT2D eigenvalue weighted by atomic mass is 32.2. The molecule has 8 heteroatoms. The Balaban J connectivity index is 2.07. The Kier molecular flexibility index (Phi) is 1.79. The topological polar surface area (TPSA) is 88.4 Å². The molecule has 16 heavy (non-hydrogen) atoms. The molecular weight excluding hydrogens is 230 g/mol. The van der Waals surface area contributed by atoms with Gasteiger partial charge in [-0.1, -0.05) is 0 Å². The van der Waals surface area contributed by atoms with Gasteiger partial charge in [0.1, 0.15) is 5.69 Å². The Morgan fingerprint density at radius 3 is 3.00 bits per heavy atom. The highest BCUT2D eigenvalue weighted by molar-refractivity contribution is 7.90. The number of hydrogen-bond acceptors (Lipinski definition) is 4. The van der Waals surface area contributed by atoms with Gasteiger partial charge in [-0.3, -0.25) is 4.68 Å². The van der Waals surface area contributed by atoms with Gasteiger partial charge < -0.3 is 5.32 Å². The van der Waals surface area contributed by atoms with Crippen LogP contribution in [0, 0.1) is 0 Å². The molecule has 0 bridgehead atoms. The SMILES string of the molecule is Cn1ncc2c1S(=O)(=O)NC(=NC1CC1)N2. The number of nitrogens with one attached hydrogen (secondary N) is 2. The molecule has 0 unspecified atom stereocenters. The minimum atomic E-state index is -3.54. The third kappa shape index (κ3) is 1.45. The largest absolute Gasteiger partial charge is 0.322 e. The molecule has 0 saturated heterocycles. The van der Waals surface area contributed by atoms with E-state index >= 15 is 0 Å². The number of sulfonamides is 1. The zero-order chi connectivity index (χ0) is 11.3. The molecule has 0 amide bonds. The average molecular weight is 241 g/mol. The van der Waals surface area contributed by atoms with Gasteiger partial charge in [-0.25, -0.2) is 9.71 Å². The van der Waals surface area contributed by atoms with E-state index in [-0.39, 0.29) is 11.1 Å². The fraction of sp³-hybridized carbons (Fsp3) is 0.500. The molecule has 0 radical (unpaired) electrons. The minimum Gasteiger partial charge on any atom is -0.322 e. The third-order valence-electron chi connectivity index (χ3n) is 2.48. The summed E-state index contributed by atoms with van der Waals surface area (Å²) in [5.41, 5.74) is 0.473. The van der Waals surface area contributed by atoms with Gasteiger partial charge in [0.15, 0.2) is 5.03 Å². The summed E-state index contributed by atoms with van der Waals surface area (Å²) in [5, 5.41) is 6.97. The van der Waals surface area contributed by atoms with E-state index in [0.29, 0.717) is 11.6 Å². The lowest BCUT2D eigenvalue weighted by atomic mass is 10.5. The Morgan fingerprint density at radius 2 is 2.31 bits per heavy atom. The molecule has 1 aromatic rings. The van der Waals surface area contributed by atoms with E-state index in [1.807, 2.05) is 0 Å². The smallest absolute Gasteiger partial charge is 0.283 e. The van der Waals surface area contributed by atoms with Crippen LogP contribution < -0.4 is 10.0 Å². The lowest BCUT2D eigenvalue weighted by Gasteiger charge is -2.18. The van der Waals surface area contributed by atoms with Crippen molar-refractivity contribution in [3.05, 3.63) is 6.20 Å². The Bertz CT molecular complexity index is 569. The maximum atomic E-state index is 11.9. The average Bonchev–Trinajstić information content (AvgIpc) is 2.88. The number of fused-ring (bicyclic) bond motifs is 1. The highest BCUT2D eigenvalue weighted by Crippen LogP contribution is 2.27. The first-order valence-electron chi connectivity index (χ1n) is 4.96. The van der Waals surface area contributed by atoms with E-state index in [2.05, 4.69) is 20.1 Å². The molecule has 2 N–H and O–H groups in total. The van der Waals surface area contributed by atoms with Gasteiger partial charge in [0, 0.05) is 7.05 Å². The van der Waals surface area contributed by atoms with Crippen molar-refractivity contribution in [2.45, 2.75) is 23.9 Å². The summed E-state index contributed by atoms with van der Waals surface area (Å²) in [6.45, 7) is 0. The van der Waals surface area contributed by atoms with Crippen molar-refractivity contribution in [1.82, 2.24) is 14.5 Å². The molecule has 1 saturated carbocycles. The quantitative estimate of drug-likeness (QED) is 0.703. The Hall–Kier alpha value is -1.57. The number of aryl methyl sites for hydroxylation is 1. The van der Waals surface area contributed by atoms with Crippen molar-refractivity contribution < 1.29 is 8.42 Å². The van der Waals surface area contributed by atoms with Crippen molar-refractivity contribution in [2.75, 3.05) is 5.32 Å². The molecule has 1 aliphatic carbocycles. The van der Waals surface area contributed by atoms with Crippen LogP contribution in [0.25, 0.3) is 0 Å². The molecular formula is C8H11N5O2S. The van der Waals surface area contributed by atoms with Crippen LogP contribution >= 0.6 is 0 Å². The van der Waals surface area contributed by atoms with Crippen LogP contribution in [0.2, 0.25) is 0 Å². The van der Waals surface area contributed by atoms with Gasteiger partial charge in [0.05, 0.1) is 12.2 Å². The van der Waals surface area contributed by atoms with E-state index in [1.54, 1.807) is 7.05 Å². The normalized spacial score (nSPS) is 24.7. The van der Waals surface area contributed by atoms with Crippen LogP contribution in [-0.2, 0) is 17.1 Å². The van der Waals surface area contributed by atoms with Crippen LogP contribution in [0.5, 0.6) is 0 Å². The predicted molar refractivity (Wildman–Crippen MR) is 57.6 cm³/mol. The van der Waals surface area contributed by atoms with Gasteiger partial charge >= 0.3 is 0 Å². The van der Waals surface area contributed by atoms with Crippen molar-refractivity contribution in [3.63, 3.8) is 0 Å². The Morgan fingerprint density at radius 1 is 1.56 bits per heavy atom. The summed E-state index contributed by atoms with van der Waals surface area (Å²) in [4.78, 5) is 4.23. The maximum Gasteiger partial charge on any atom is 0.283 e. The van der Waals surface area contributed by atoms with E-state index in [9.17, 15) is 8.42 Å². The van der Waals surface area contributed by atoms with Gasteiger partial charge in [-0.2, -0.15) is 13.5 Å². The molecule has 1 aromatic heterocycles. The fourth-order valence-corrected chi connectivity index (χ4v) is 2.85. The second-order valence-electron chi connectivity index (χ2n) is 3.93. The number of anilines is 1. The number of rotatable bonds is 1. The van der Waals surface area contributed by atoms with E-state index < -0.39 is 10.0 Å². The summed E-state index contributed by atoms with van der Waals surface area (Å²) in [6, 6.07) is 0.253. The predicted octanol–water partition coefficient (Wildman–Crippen LogP) is -0.358. The highest BCUT2D eigenvalue weighted by Gasteiger charge is 2.32. The molecule has 0 atom stereocenters. The molecule has 2 aliphatic rings. The van der Waals surface area contributed by atoms with E-state index in [0.717, 1.165) is 12.8 Å². The zero-order valence-electron chi connectivity index (χ0n) is 8.64. The van der Waals surface area contributed by atoms with Crippen LogP contribution in [0.1, 0.15) is 12.8 Å². The molecule has 0 spiro atoms. The second kappa shape index (κ2) is 2.97. The number of aliphatic imine (C=N–C) groups is 1. The Labute approximate surface area is 92.6 Å². The second-order valence-corrected chi connectivity index (χ2v) is 5.52. The van der Waals surface area contributed by atoms with Crippen LogP contribution in [0.15, 0.2) is 16.2 Å². The van der Waals surface area contributed by atoms with Crippen molar-refractivity contribution in [1.29, 1.82) is 0 Å². The summed E-state index contributed by atoms with van der Waals surface area (Å²) >= 11 is 0. The number of nitrogens with zero attached hydrogens (tertiary/aromatic N) is 3. The van der Waals surface area contributed by atoms with E-state index in [4.69, 9.17) is 0 Å². The molecule has 7 nitrogen and oxygen atoms in total. The summed E-state index contributed by atoms with van der Waals surface area (Å²) in [7, 11) is -1.95. The molecule has 3 rings (SSSR count). The van der Waals surface area contributed by atoms with Gasteiger partial charge in [-0.05, 0) is 12.8 Å². The number of hydrogen-bond donors (Lipinski definition) is 2. The molecule has 0 aromatic carbocycles. The van der Waals surface area contributed by atoms with Crippen molar-refractivity contribution in [2.24, 2.45) is 12.0 Å². The monoisotopic (exact) mass is 241 g/mol. The summed E-state index contributed by atoms with van der Waals surface area (Å²) in [5.74, 6) is 0.294.